The van der Waals surface area contributed by atoms with Crippen LogP contribution >= 0.6 is 0 Å². The number of para-hydroxylation sites is 1. The highest BCUT2D eigenvalue weighted by atomic mass is 16.5. The summed E-state index contributed by atoms with van der Waals surface area (Å²) in [5.41, 5.74) is 1.28. The molecule has 0 atom stereocenters. The lowest BCUT2D eigenvalue weighted by Gasteiger charge is -2.11. The van der Waals surface area contributed by atoms with Gasteiger partial charge < -0.3 is 10.1 Å². The van der Waals surface area contributed by atoms with Crippen molar-refractivity contribution < 1.29 is 4.74 Å². The first kappa shape index (κ1) is 13.0. The lowest BCUT2D eigenvalue weighted by Crippen LogP contribution is -2.25. The van der Waals surface area contributed by atoms with Gasteiger partial charge in [0.05, 0.1) is 0 Å². The third-order valence-corrected chi connectivity index (χ3v) is 2.44. The molecule has 1 aromatic carbocycles. The summed E-state index contributed by atoms with van der Waals surface area (Å²) in [5.74, 6) is 1.72. The van der Waals surface area contributed by atoms with E-state index in [0.29, 0.717) is 5.92 Å². The highest BCUT2D eigenvalue weighted by molar-refractivity contribution is 5.33. The fraction of sp³-hybridized carbons (Fsp3) is 0.571. The second-order valence-electron chi connectivity index (χ2n) is 4.41. The van der Waals surface area contributed by atoms with E-state index in [1.807, 2.05) is 12.1 Å². The molecule has 0 aromatic heterocycles. The van der Waals surface area contributed by atoms with Crippen molar-refractivity contribution in [3.05, 3.63) is 29.8 Å². The number of ether oxygens (including phenoxy) is 1. The molecular weight excluding hydrogens is 198 g/mol. The van der Waals surface area contributed by atoms with Crippen molar-refractivity contribution >= 4 is 0 Å². The summed E-state index contributed by atoms with van der Waals surface area (Å²) >= 11 is 0. The van der Waals surface area contributed by atoms with Crippen LogP contribution in [-0.2, 0) is 6.42 Å². The predicted molar refractivity (Wildman–Crippen MR) is 69.0 cm³/mol. The zero-order valence-corrected chi connectivity index (χ0v) is 10.6. The molecule has 0 unspecified atom stereocenters. The second kappa shape index (κ2) is 7.29. The van der Waals surface area contributed by atoms with Crippen molar-refractivity contribution in [2.75, 3.05) is 19.7 Å². The van der Waals surface area contributed by atoms with Gasteiger partial charge in [-0.1, -0.05) is 39.0 Å². The molecule has 0 radical (unpaired) electrons. The number of hydrogen-bond acceptors (Lipinski definition) is 2. The Labute approximate surface area is 99.0 Å². The van der Waals surface area contributed by atoms with Crippen molar-refractivity contribution in [3.8, 4) is 5.75 Å². The van der Waals surface area contributed by atoms with Crippen molar-refractivity contribution in [2.24, 2.45) is 5.92 Å². The van der Waals surface area contributed by atoms with Gasteiger partial charge in [-0.15, -0.1) is 0 Å². The van der Waals surface area contributed by atoms with E-state index in [-0.39, 0.29) is 0 Å². The van der Waals surface area contributed by atoms with Gasteiger partial charge in [-0.05, 0) is 30.5 Å². The largest absolute Gasteiger partial charge is 0.492 e. The van der Waals surface area contributed by atoms with Crippen LogP contribution in [0, 0.1) is 5.92 Å². The van der Waals surface area contributed by atoms with E-state index < -0.39 is 0 Å². The quantitative estimate of drug-likeness (QED) is 0.715. The number of benzene rings is 1. The zero-order chi connectivity index (χ0) is 11.8. The van der Waals surface area contributed by atoms with E-state index in [1.54, 1.807) is 0 Å². The minimum Gasteiger partial charge on any atom is -0.492 e. The molecule has 2 nitrogen and oxygen atoms in total. The van der Waals surface area contributed by atoms with E-state index in [1.165, 1.54) is 5.56 Å². The number of nitrogens with one attached hydrogen (secondary N) is 1. The molecule has 0 saturated heterocycles. The van der Waals surface area contributed by atoms with Crippen molar-refractivity contribution in [1.29, 1.82) is 0 Å². The summed E-state index contributed by atoms with van der Waals surface area (Å²) in [6.45, 7) is 9.28. The Kier molecular flexibility index (Phi) is 5.94. The Morgan fingerprint density at radius 2 is 2.00 bits per heavy atom. The van der Waals surface area contributed by atoms with Crippen LogP contribution < -0.4 is 10.1 Å². The van der Waals surface area contributed by atoms with Crippen LogP contribution in [0.5, 0.6) is 5.75 Å². The summed E-state index contributed by atoms with van der Waals surface area (Å²) in [7, 11) is 0. The van der Waals surface area contributed by atoms with Gasteiger partial charge >= 0.3 is 0 Å². The average molecular weight is 221 g/mol. The van der Waals surface area contributed by atoms with Gasteiger partial charge in [-0.3, -0.25) is 0 Å². The first-order valence-corrected chi connectivity index (χ1v) is 6.15. The molecule has 0 aliphatic heterocycles. The smallest absolute Gasteiger partial charge is 0.122 e. The second-order valence-corrected chi connectivity index (χ2v) is 4.41. The Morgan fingerprint density at radius 1 is 1.25 bits per heavy atom. The van der Waals surface area contributed by atoms with Gasteiger partial charge in [0.2, 0.25) is 0 Å². The lowest BCUT2D eigenvalue weighted by molar-refractivity contribution is 0.308. The molecule has 2 heteroatoms. The van der Waals surface area contributed by atoms with Crippen LogP contribution in [0.2, 0.25) is 0 Å². The molecule has 1 rings (SSSR count). The normalized spacial score (nSPS) is 10.8. The molecule has 16 heavy (non-hydrogen) atoms. The Morgan fingerprint density at radius 3 is 2.69 bits per heavy atom. The van der Waals surface area contributed by atoms with Gasteiger partial charge in [0.1, 0.15) is 12.4 Å². The van der Waals surface area contributed by atoms with Gasteiger partial charge in [0.25, 0.3) is 0 Å². The van der Waals surface area contributed by atoms with E-state index in [2.05, 4.69) is 38.2 Å². The van der Waals surface area contributed by atoms with Crippen LogP contribution in [0.4, 0.5) is 0 Å². The molecule has 0 fully saturated rings. The summed E-state index contributed by atoms with van der Waals surface area (Å²) in [5, 5.41) is 3.37. The van der Waals surface area contributed by atoms with Crippen molar-refractivity contribution in [1.82, 2.24) is 5.32 Å². The van der Waals surface area contributed by atoms with Crippen molar-refractivity contribution in [3.63, 3.8) is 0 Å². The van der Waals surface area contributed by atoms with Gasteiger partial charge in [-0.2, -0.15) is 0 Å². The van der Waals surface area contributed by atoms with E-state index in [0.717, 1.165) is 31.9 Å². The van der Waals surface area contributed by atoms with Crippen LogP contribution in [0.1, 0.15) is 26.3 Å². The highest BCUT2D eigenvalue weighted by Gasteiger charge is 1.99. The standard InChI is InChI=1S/C14H23NO/c1-4-13-7-5-6-8-14(13)16-10-9-15-11-12(2)3/h5-8,12,15H,4,9-11H2,1-3H3. The minimum atomic E-state index is 0.697. The lowest BCUT2D eigenvalue weighted by atomic mass is 10.1. The molecule has 0 spiro atoms. The molecule has 0 aliphatic rings. The maximum Gasteiger partial charge on any atom is 0.122 e. The zero-order valence-electron chi connectivity index (χ0n) is 10.6. The average Bonchev–Trinajstić information content (AvgIpc) is 2.29. The summed E-state index contributed by atoms with van der Waals surface area (Å²) in [4.78, 5) is 0. The van der Waals surface area contributed by atoms with E-state index in [9.17, 15) is 0 Å². The summed E-state index contributed by atoms with van der Waals surface area (Å²) in [6, 6.07) is 8.25. The summed E-state index contributed by atoms with van der Waals surface area (Å²) in [6.07, 6.45) is 1.02. The third kappa shape index (κ3) is 4.67. The van der Waals surface area contributed by atoms with Crippen LogP contribution in [0.25, 0.3) is 0 Å². The topological polar surface area (TPSA) is 21.3 Å². The first-order valence-electron chi connectivity index (χ1n) is 6.15. The molecule has 0 heterocycles. The summed E-state index contributed by atoms with van der Waals surface area (Å²) < 4.78 is 5.75. The molecule has 0 amide bonds. The SMILES string of the molecule is CCc1ccccc1OCCNCC(C)C. The van der Waals surface area contributed by atoms with Crippen LogP contribution in [0.15, 0.2) is 24.3 Å². The fourth-order valence-corrected chi connectivity index (χ4v) is 1.56. The molecule has 0 aliphatic carbocycles. The molecular formula is C14H23NO. The third-order valence-electron chi connectivity index (χ3n) is 2.44. The van der Waals surface area contributed by atoms with Gasteiger partial charge in [0.15, 0.2) is 0 Å². The molecule has 90 valence electrons. The Balaban J connectivity index is 2.26. The monoisotopic (exact) mass is 221 g/mol. The molecule has 0 bridgehead atoms. The molecule has 1 N–H and O–H groups in total. The molecule has 0 saturated carbocycles. The maximum atomic E-state index is 5.75. The van der Waals surface area contributed by atoms with Crippen LogP contribution in [0.3, 0.4) is 0 Å². The molecule has 1 aromatic rings. The van der Waals surface area contributed by atoms with Gasteiger partial charge in [0, 0.05) is 6.54 Å². The Bertz CT molecular complexity index is 297. The maximum absolute atomic E-state index is 5.75. The van der Waals surface area contributed by atoms with E-state index >= 15 is 0 Å². The fourth-order valence-electron chi connectivity index (χ4n) is 1.56. The number of rotatable bonds is 7. The predicted octanol–water partition coefficient (Wildman–Crippen LogP) is 2.87. The van der Waals surface area contributed by atoms with Gasteiger partial charge in [-0.25, -0.2) is 0 Å². The number of aryl methyl sites for hydroxylation is 1. The Hall–Kier alpha value is -1.02. The van der Waals surface area contributed by atoms with Crippen molar-refractivity contribution in [2.45, 2.75) is 27.2 Å². The van der Waals surface area contributed by atoms with E-state index in [4.69, 9.17) is 4.74 Å². The number of hydrogen-bond donors (Lipinski definition) is 1. The minimum absolute atomic E-state index is 0.697. The van der Waals surface area contributed by atoms with Crippen LogP contribution in [-0.4, -0.2) is 19.7 Å². The first-order chi connectivity index (χ1) is 7.74. The highest BCUT2D eigenvalue weighted by Crippen LogP contribution is 2.17.